The predicted molar refractivity (Wildman–Crippen MR) is 162 cm³/mol. The molecule has 8 nitrogen and oxygen atoms in total. The van der Waals surface area contributed by atoms with Crippen LogP contribution in [0.3, 0.4) is 0 Å². The first-order valence-electron chi connectivity index (χ1n) is 13.0. The van der Waals surface area contributed by atoms with Crippen LogP contribution < -0.4 is 14.9 Å². The Balaban J connectivity index is 1.20. The summed E-state index contributed by atoms with van der Waals surface area (Å²) in [5, 5.41) is 13.5. The van der Waals surface area contributed by atoms with Crippen molar-refractivity contribution < 1.29 is 14.3 Å². The molecule has 0 unspecified atom stereocenters. The fourth-order valence-corrected chi connectivity index (χ4v) is 4.69. The summed E-state index contributed by atoms with van der Waals surface area (Å²) in [5.74, 6) is 2.06. The third-order valence-corrected chi connectivity index (χ3v) is 7.07. The normalized spacial score (nSPS) is 11.0. The van der Waals surface area contributed by atoms with Crippen molar-refractivity contribution in [2.24, 2.45) is 5.10 Å². The van der Waals surface area contributed by atoms with E-state index >= 15 is 0 Å². The Kier molecular flexibility index (Phi) is 9.08. The van der Waals surface area contributed by atoms with Crippen LogP contribution in [-0.2, 0) is 11.4 Å². The van der Waals surface area contributed by atoms with Gasteiger partial charge in [0.2, 0.25) is 0 Å². The Morgan fingerprint density at radius 3 is 2.32 bits per heavy atom. The molecule has 0 atom stereocenters. The van der Waals surface area contributed by atoms with Gasteiger partial charge in [-0.3, -0.25) is 9.36 Å². The number of thioether (sulfide) groups is 1. The maximum atomic E-state index is 12.6. The Morgan fingerprint density at radius 1 is 0.902 bits per heavy atom. The average molecular weight is 564 g/mol. The molecule has 4 aromatic carbocycles. The molecule has 9 heteroatoms. The summed E-state index contributed by atoms with van der Waals surface area (Å²) < 4.78 is 13.1. The molecule has 0 saturated carbocycles. The minimum absolute atomic E-state index is 0.117. The Labute approximate surface area is 243 Å². The molecule has 1 heterocycles. The van der Waals surface area contributed by atoms with Crippen molar-refractivity contribution in [1.82, 2.24) is 20.2 Å². The summed E-state index contributed by atoms with van der Waals surface area (Å²) in [7, 11) is 1.63. The van der Waals surface area contributed by atoms with Crippen molar-refractivity contribution in [2.75, 3.05) is 12.9 Å². The van der Waals surface area contributed by atoms with Gasteiger partial charge >= 0.3 is 0 Å². The number of hydrogen-bond acceptors (Lipinski definition) is 7. The van der Waals surface area contributed by atoms with Gasteiger partial charge in [0.1, 0.15) is 18.1 Å². The molecule has 0 bridgehead atoms. The van der Waals surface area contributed by atoms with E-state index in [0.29, 0.717) is 17.6 Å². The van der Waals surface area contributed by atoms with E-state index in [2.05, 4.69) is 20.7 Å². The number of amides is 1. The molecule has 0 aliphatic heterocycles. The first-order chi connectivity index (χ1) is 20.1. The highest BCUT2D eigenvalue weighted by molar-refractivity contribution is 7.99. The highest BCUT2D eigenvalue weighted by Crippen LogP contribution is 2.29. The number of hydrogen-bond donors (Lipinski definition) is 1. The van der Waals surface area contributed by atoms with E-state index in [1.54, 1.807) is 13.3 Å². The van der Waals surface area contributed by atoms with Crippen LogP contribution in [0.2, 0.25) is 0 Å². The molecule has 5 rings (SSSR count). The lowest BCUT2D eigenvalue weighted by Gasteiger charge is -2.11. The summed E-state index contributed by atoms with van der Waals surface area (Å²) in [6.45, 7) is 2.54. The van der Waals surface area contributed by atoms with Crippen LogP contribution in [0.25, 0.3) is 17.1 Å². The topological polar surface area (TPSA) is 90.6 Å². The molecular formula is C32H29N5O3S. The van der Waals surface area contributed by atoms with Gasteiger partial charge in [-0.2, -0.15) is 5.10 Å². The van der Waals surface area contributed by atoms with Gasteiger partial charge in [0, 0.05) is 11.3 Å². The molecule has 0 aliphatic rings. The first kappa shape index (κ1) is 27.7. The molecule has 0 radical (unpaired) electrons. The van der Waals surface area contributed by atoms with E-state index in [-0.39, 0.29) is 11.7 Å². The second-order valence-corrected chi connectivity index (χ2v) is 10.1. The number of carbonyl (C=O) groups excluding carboxylic acids is 1. The maximum absolute atomic E-state index is 12.6. The number of rotatable bonds is 11. The van der Waals surface area contributed by atoms with Crippen molar-refractivity contribution >= 4 is 23.9 Å². The summed E-state index contributed by atoms with van der Waals surface area (Å²) in [6, 6.07) is 33.2. The van der Waals surface area contributed by atoms with Crippen LogP contribution in [0.15, 0.2) is 113 Å². The van der Waals surface area contributed by atoms with Gasteiger partial charge in [-0.1, -0.05) is 71.9 Å². The summed E-state index contributed by atoms with van der Waals surface area (Å²) in [6.07, 6.45) is 1.60. The van der Waals surface area contributed by atoms with E-state index < -0.39 is 0 Å². The van der Waals surface area contributed by atoms with E-state index in [4.69, 9.17) is 9.47 Å². The van der Waals surface area contributed by atoms with Crippen LogP contribution in [0.5, 0.6) is 11.5 Å². The summed E-state index contributed by atoms with van der Waals surface area (Å²) in [5.41, 5.74) is 7.48. The zero-order valence-corrected chi connectivity index (χ0v) is 23.5. The lowest BCUT2D eigenvalue weighted by Crippen LogP contribution is -2.20. The SMILES string of the molecule is COc1ccc(-n2c(SCC(=O)N/N=C\c3ccc(OCc4ccccc4)cc3)nnc2-c2ccc(C)cc2)cc1. The van der Waals surface area contributed by atoms with Crippen LogP contribution >= 0.6 is 11.8 Å². The number of ether oxygens (including phenoxy) is 2. The number of nitrogens with one attached hydrogen (secondary N) is 1. The van der Waals surface area contributed by atoms with Crippen LogP contribution in [-0.4, -0.2) is 39.7 Å². The zero-order chi connectivity index (χ0) is 28.4. The van der Waals surface area contributed by atoms with Gasteiger partial charge in [0.05, 0.1) is 19.1 Å². The van der Waals surface area contributed by atoms with Gasteiger partial charge in [0.25, 0.3) is 5.91 Å². The highest BCUT2D eigenvalue weighted by atomic mass is 32.2. The van der Waals surface area contributed by atoms with E-state index in [1.807, 2.05) is 115 Å². The molecule has 0 fully saturated rings. The average Bonchev–Trinajstić information content (AvgIpc) is 3.44. The third kappa shape index (κ3) is 7.40. The van der Waals surface area contributed by atoms with Gasteiger partial charge < -0.3 is 9.47 Å². The van der Waals surface area contributed by atoms with Crippen LogP contribution in [0.4, 0.5) is 0 Å². The number of aryl methyl sites for hydroxylation is 1. The van der Waals surface area contributed by atoms with Crippen molar-refractivity contribution in [2.45, 2.75) is 18.7 Å². The summed E-state index contributed by atoms with van der Waals surface area (Å²) >= 11 is 1.29. The van der Waals surface area contributed by atoms with Gasteiger partial charge in [-0.25, -0.2) is 5.43 Å². The van der Waals surface area contributed by atoms with E-state index in [1.165, 1.54) is 11.8 Å². The minimum atomic E-state index is -0.254. The number of nitrogens with zero attached hydrogens (tertiary/aromatic N) is 4. The number of carbonyl (C=O) groups is 1. The largest absolute Gasteiger partial charge is 0.497 e. The number of methoxy groups -OCH3 is 1. The molecule has 0 aliphatic carbocycles. The van der Waals surface area contributed by atoms with E-state index in [0.717, 1.165) is 39.4 Å². The summed E-state index contributed by atoms with van der Waals surface area (Å²) in [4.78, 5) is 12.6. The lowest BCUT2D eigenvalue weighted by molar-refractivity contribution is -0.118. The lowest BCUT2D eigenvalue weighted by atomic mass is 10.1. The number of aromatic nitrogens is 3. The maximum Gasteiger partial charge on any atom is 0.250 e. The Hall–Kier alpha value is -4.89. The first-order valence-corrected chi connectivity index (χ1v) is 14.0. The van der Waals surface area contributed by atoms with Crippen LogP contribution in [0.1, 0.15) is 16.7 Å². The number of benzene rings is 4. The molecule has 0 saturated heterocycles. The monoisotopic (exact) mass is 563 g/mol. The fraction of sp³-hybridized carbons (Fsp3) is 0.125. The second-order valence-electron chi connectivity index (χ2n) is 9.13. The molecule has 1 amide bonds. The smallest absolute Gasteiger partial charge is 0.250 e. The number of hydrazone groups is 1. The Bertz CT molecular complexity index is 1600. The predicted octanol–water partition coefficient (Wildman–Crippen LogP) is 6.07. The molecule has 5 aromatic rings. The quantitative estimate of drug-likeness (QED) is 0.119. The Morgan fingerprint density at radius 2 is 1.61 bits per heavy atom. The molecular weight excluding hydrogens is 534 g/mol. The van der Waals surface area contributed by atoms with Crippen LogP contribution in [0, 0.1) is 6.92 Å². The van der Waals surface area contributed by atoms with Crippen molar-refractivity contribution in [1.29, 1.82) is 0 Å². The van der Waals surface area contributed by atoms with Crippen molar-refractivity contribution in [3.8, 4) is 28.6 Å². The van der Waals surface area contributed by atoms with Gasteiger partial charge in [-0.05, 0) is 66.6 Å². The molecule has 206 valence electrons. The van der Waals surface area contributed by atoms with Crippen molar-refractivity contribution in [3.63, 3.8) is 0 Å². The highest BCUT2D eigenvalue weighted by Gasteiger charge is 2.17. The van der Waals surface area contributed by atoms with E-state index in [9.17, 15) is 4.79 Å². The van der Waals surface area contributed by atoms with Gasteiger partial charge in [0.15, 0.2) is 11.0 Å². The van der Waals surface area contributed by atoms with Gasteiger partial charge in [-0.15, -0.1) is 10.2 Å². The second kappa shape index (κ2) is 13.5. The molecule has 1 aromatic heterocycles. The standard InChI is InChI=1S/C32H29N5O3S/c1-23-8-12-26(13-9-23)31-35-36-32(37(31)27-14-18-28(39-2)19-15-27)41-22-30(38)34-33-20-24-10-16-29(17-11-24)40-21-25-6-4-3-5-7-25/h3-20H,21-22H2,1-2H3,(H,34,38)/b33-20-. The van der Waals surface area contributed by atoms with Crippen molar-refractivity contribution in [3.05, 3.63) is 120 Å². The molecule has 41 heavy (non-hydrogen) atoms. The zero-order valence-electron chi connectivity index (χ0n) is 22.7. The fourth-order valence-electron chi connectivity index (χ4n) is 3.95. The molecule has 0 spiro atoms. The minimum Gasteiger partial charge on any atom is -0.497 e. The molecule has 1 N–H and O–H groups in total. The third-order valence-electron chi connectivity index (χ3n) is 6.14.